The number of carbonyl (C=O) groups is 1. The third-order valence-corrected chi connectivity index (χ3v) is 6.62. The highest BCUT2D eigenvalue weighted by molar-refractivity contribution is 5.97. The second-order valence-electron chi connectivity index (χ2n) is 9.12. The zero-order valence-electron chi connectivity index (χ0n) is 20.3. The average Bonchev–Trinajstić information content (AvgIpc) is 2.86. The van der Waals surface area contributed by atoms with Crippen LogP contribution in [0.4, 0.5) is 11.4 Å². The molecule has 0 radical (unpaired) electrons. The van der Waals surface area contributed by atoms with E-state index in [0.29, 0.717) is 24.3 Å². The number of carbonyl (C=O) groups excluding carboxylic acids is 1. The van der Waals surface area contributed by atoms with Gasteiger partial charge in [-0.1, -0.05) is 44.2 Å². The summed E-state index contributed by atoms with van der Waals surface area (Å²) in [5, 5.41) is 20.9. The number of nitrogens with zero attached hydrogens (tertiary/aromatic N) is 1. The molecule has 0 aliphatic carbocycles. The fraction of sp³-hybridized carbons (Fsp3) is 0.276. The maximum absolute atomic E-state index is 13.6. The Hall–Kier alpha value is -3.93. The zero-order chi connectivity index (χ0) is 25.0. The van der Waals surface area contributed by atoms with E-state index in [9.17, 15) is 15.0 Å². The molecule has 0 spiro atoms. The molecule has 6 heteroatoms. The summed E-state index contributed by atoms with van der Waals surface area (Å²) >= 11 is 0. The van der Waals surface area contributed by atoms with Crippen LogP contribution in [0.1, 0.15) is 32.3 Å². The molecular formula is C29H31NO5. The molecule has 0 saturated carbocycles. The van der Waals surface area contributed by atoms with Crippen LogP contribution in [0.2, 0.25) is 0 Å². The van der Waals surface area contributed by atoms with E-state index in [1.54, 1.807) is 24.1 Å². The number of phenols is 1. The van der Waals surface area contributed by atoms with Crippen LogP contribution in [0.15, 0.2) is 90.3 Å². The Morgan fingerprint density at radius 3 is 2.14 bits per heavy atom. The Morgan fingerprint density at radius 2 is 1.57 bits per heavy atom. The van der Waals surface area contributed by atoms with E-state index in [-0.39, 0.29) is 29.5 Å². The molecule has 1 heterocycles. The number of phenolic OH excluding ortho intramolecular Hbond substituents is 1. The number of aliphatic hydroxyl groups excluding tert-OH is 1. The summed E-state index contributed by atoms with van der Waals surface area (Å²) < 4.78 is 11.4. The number of rotatable bonds is 8. The zero-order valence-corrected chi connectivity index (χ0v) is 20.3. The molecule has 1 aliphatic heterocycles. The highest BCUT2D eigenvalue weighted by atomic mass is 16.6. The van der Waals surface area contributed by atoms with Crippen molar-refractivity contribution in [2.45, 2.75) is 38.7 Å². The smallest absolute Gasteiger partial charge is 0.359 e. The highest BCUT2D eigenvalue weighted by Gasteiger charge is 2.46. The summed E-state index contributed by atoms with van der Waals surface area (Å²) in [7, 11) is 1.60. The maximum atomic E-state index is 13.6. The van der Waals surface area contributed by atoms with Gasteiger partial charge < -0.3 is 24.6 Å². The number of ether oxygens (including phenoxy) is 2. The van der Waals surface area contributed by atoms with Gasteiger partial charge >= 0.3 is 5.97 Å². The molecule has 1 aliphatic rings. The van der Waals surface area contributed by atoms with E-state index < -0.39 is 11.6 Å². The highest BCUT2D eigenvalue weighted by Crippen LogP contribution is 2.42. The van der Waals surface area contributed by atoms with Gasteiger partial charge in [-0.25, -0.2) is 4.79 Å². The normalized spacial score (nSPS) is 17.9. The summed E-state index contributed by atoms with van der Waals surface area (Å²) in [6.07, 6.45) is 1.41. The number of anilines is 2. The Bertz CT molecular complexity index is 1190. The van der Waals surface area contributed by atoms with Crippen LogP contribution < -0.4 is 9.64 Å². The number of hydrogen-bond acceptors (Lipinski definition) is 6. The number of aliphatic hydroxyl groups is 1. The third-order valence-electron chi connectivity index (χ3n) is 6.62. The second-order valence-corrected chi connectivity index (χ2v) is 9.12. The fourth-order valence-corrected chi connectivity index (χ4v) is 4.46. The molecular weight excluding hydrogens is 442 g/mol. The number of cyclic esters (lactones) is 1. The number of hydrogen-bond donors (Lipinski definition) is 2. The molecule has 2 N–H and O–H groups in total. The van der Waals surface area contributed by atoms with Gasteiger partial charge in [-0.05, 0) is 72.9 Å². The first-order valence-corrected chi connectivity index (χ1v) is 11.8. The minimum atomic E-state index is -0.842. The van der Waals surface area contributed by atoms with E-state index in [1.807, 2.05) is 80.6 Å². The number of para-hydroxylation sites is 1. The molecule has 3 aromatic carbocycles. The second kappa shape index (κ2) is 10.1. The first-order chi connectivity index (χ1) is 16.8. The van der Waals surface area contributed by atoms with Crippen molar-refractivity contribution >= 4 is 17.3 Å². The van der Waals surface area contributed by atoms with Crippen LogP contribution in [0, 0.1) is 5.92 Å². The Balaban J connectivity index is 1.70. The molecule has 6 nitrogen and oxygen atoms in total. The largest absolute Gasteiger partial charge is 0.510 e. The summed E-state index contributed by atoms with van der Waals surface area (Å²) in [6, 6.07) is 23.7. The van der Waals surface area contributed by atoms with Gasteiger partial charge in [0.2, 0.25) is 0 Å². The predicted molar refractivity (Wildman–Crippen MR) is 136 cm³/mol. The monoisotopic (exact) mass is 473 g/mol. The van der Waals surface area contributed by atoms with E-state index in [0.717, 1.165) is 11.3 Å². The summed E-state index contributed by atoms with van der Waals surface area (Å²) in [4.78, 5) is 15.3. The molecule has 0 aromatic heterocycles. The van der Waals surface area contributed by atoms with Gasteiger partial charge in [-0.2, -0.15) is 0 Å². The summed E-state index contributed by atoms with van der Waals surface area (Å²) in [5.41, 5.74) is 1.73. The van der Waals surface area contributed by atoms with Crippen molar-refractivity contribution in [3.63, 3.8) is 0 Å². The van der Waals surface area contributed by atoms with E-state index in [1.165, 1.54) is 0 Å². The van der Waals surface area contributed by atoms with Crippen molar-refractivity contribution in [1.82, 2.24) is 0 Å². The quantitative estimate of drug-likeness (QED) is 0.375. The van der Waals surface area contributed by atoms with Crippen LogP contribution in [-0.4, -0.2) is 28.9 Å². The van der Waals surface area contributed by atoms with Crippen LogP contribution in [0.3, 0.4) is 0 Å². The molecule has 0 amide bonds. The van der Waals surface area contributed by atoms with Crippen molar-refractivity contribution < 1.29 is 24.5 Å². The van der Waals surface area contributed by atoms with Gasteiger partial charge in [-0.15, -0.1) is 0 Å². The molecule has 3 aromatic rings. The minimum absolute atomic E-state index is 0.000303. The molecule has 1 unspecified atom stereocenters. The first-order valence-electron chi connectivity index (χ1n) is 11.8. The Kier molecular flexibility index (Phi) is 7.01. The summed E-state index contributed by atoms with van der Waals surface area (Å²) in [6.45, 7) is 4.00. The Labute approximate surface area is 206 Å². The first kappa shape index (κ1) is 24.2. The topological polar surface area (TPSA) is 79.2 Å². The number of aryl methyl sites for hydroxylation is 1. The van der Waals surface area contributed by atoms with E-state index >= 15 is 0 Å². The molecule has 0 fully saturated rings. The van der Waals surface area contributed by atoms with E-state index in [4.69, 9.17) is 9.47 Å². The molecule has 1 atom stereocenters. The van der Waals surface area contributed by atoms with Crippen LogP contribution in [-0.2, 0) is 16.0 Å². The van der Waals surface area contributed by atoms with Crippen LogP contribution in [0.25, 0.3) is 0 Å². The molecule has 0 bridgehead atoms. The maximum Gasteiger partial charge on any atom is 0.359 e. The molecule has 0 saturated heterocycles. The van der Waals surface area contributed by atoms with Crippen molar-refractivity contribution in [2.75, 3.05) is 12.0 Å². The van der Waals surface area contributed by atoms with Crippen molar-refractivity contribution in [1.29, 1.82) is 0 Å². The van der Waals surface area contributed by atoms with Crippen molar-refractivity contribution in [3.8, 4) is 11.5 Å². The standard InChI is InChI=1S/C29H31NO5/c1-20(2)29(18-17-21-9-13-24(31)14-10-21)19-26(32)27(28(33)35-29)30(22-7-5-4-6-8-22)23-11-15-25(34-3)16-12-23/h4-16,20,31-32H,17-19H2,1-3H3. The fourth-order valence-electron chi connectivity index (χ4n) is 4.46. The SMILES string of the molecule is COc1ccc(N(C2=C(O)CC(CCc3ccc(O)cc3)(C(C)C)OC2=O)c2ccccc2)cc1. The lowest BCUT2D eigenvalue weighted by Crippen LogP contribution is -2.47. The van der Waals surface area contributed by atoms with Gasteiger partial charge in [-0.3, -0.25) is 0 Å². The lowest BCUT2D eigenvalue weighted by Gasteiger charge is -2.42. The average molecular weight is 474 g/mol. The van der Waals surface area contributed by atoms with E-state index in [2.05, 4.69) is 0 Å². The van der Waals surface area contributed by atoms with Gasteiger partial charge in [0.05, 0.1) is 7.11 Å². The lowest BCUT2D eigenvalue weighted by molar-refractivity contribution is -0.165. The van der Waals surface area contributed by atoms with Crippen molar-refractivity contribution in [3.05, 3.63) is 95.9 Å². The number of aromatic hydroxyl groups is 1. The minimum Gasteiger partial charge on any atom is -0.510 e. The molecule has 4 rings (SSSR count). The van der Waals surface area contributed by atoms with Crippen molar-refractivity contribution in [2.24, 2.45) is 5.92 Å². The van der Waals surface area contributed by atoms with Gasteiger partial charge in [0.15, 0.2) is 5.70 Å². The van der Waals surface area contributed by atoms with Gasteiger partial charge in [0, 0.05) is 17.8 Å². The summed E-state index contributed by atoms with van der Waals surface area (Å²) in [5.74, 6) is 0.326. The van der Waals surface area contributed by atoms with Crippen LogP contribution >= 0.6 is 0 Å². The number of esters is 1. The predicted octanol–water partition coefficient (Wildman–Crippen LogP) is 6.28. The number of benzene rings is 3. The van der Waals surface area contributed by atoms with Crippen LogP contribution in [0.5, 0.6) is 11.5 Å². The third kappa shape index (κ3) is 5.11. The Morgan fingerprint density at radius 1 is 0.943 bits per heavy atom. The van der Waals surface area contributed by atoms with Gasteiger partial charge in [0.25, 0.3) is 0 Å². The lowest BCUT2D eigenvalue weighted by atomic mass is 9.79. The van der Waals surface area contributed by atoms with Gasteiger partial charge in [0.1, 0.15) is 22.9 Å². The molecule has 35 heavy (non-hydrogen) atoms. The molecule has 182 valence electrons. The number of methoxy groups -OCH3 is 1.